The number of nitrogen functional groups attached to an aromatic ring is 1. The zero-order chi connectivity index (χ0) is 36.8. The van der Waals surface area contributed by atoms with Gasteiger partial charge in [0.15, 0.2) is 6.29 Å². The Labute approximate surface area is 312 Å². The van der Waals surface area contributed by atoms with Crippen molar-refractivity contribution in [3.05, 3.63) is 119 Å². The number of carbonyl (C=O) groups excluding carboxylic acids is 2. The molecule has 10 nitrogen and oxygen atoms in total. The van der Waals surface area contributed by atoms with Crippen LogP contribution in [0.25, 0.3) is 11.1 Å². The lowest BCUT2D eigenvalue weighted by Gasteiger charge is -2.39. The van der Waals surface area contributed by atoms with Gasteiger partial charge in [-0.25, -0.2) is 0 Å². The smallest absolute Gasteiger partial charge is 0.224 e. The van der Waals surface area contributed by atoms with Crippen molar-refractivity contribution in [1.29, 1.82) is 0 Å². The fourth-order valence-corrected chi connectivity index (χ4v) is 6.84. The van der Waals surface area contributed by atoms with Crippen molar-refractivity contribution >= 4 is 23.2 Å². The number of benzene rings is 4. The maximum absolute atomic E-state index is 12.6. The number of aliphatic hydroxyl groups is 1. The summed E-state index contributed by atoms with van der Waals surface area (Å²) in [5, 5.41) is 15.4. The molecule has 0 aliphatic carbocycles. The van der Waals surface area contributed by atoms with E-state index in [9.17, 15) is 14.7 Å². The number of nitrogens with zero attached hydrogens (tertiary/aromatic N) is 1. The average molecular weight is 721 g/mol. The molecule has 0 aromatic heterocycles. The van der Waals surface area contributed by atoms with Crippen molar-refractivity contribution in [3.8, 4) is 11.1 Å². The number of hydrogen-bond acceptors (Lipinski definition) is 8. The molecule has 4 aromatic carbocycles. The number of amides is 2. The second-order valence-corrected chi connectivity index (χ2v) is 13.9. The van der Waals surface area contributed by atoms with Crippen LogP contribution in [0.3, 0.4) is 0 Å². The van der Waals surface area contributed by atoms with Crippen molar-refractivity contribution in [2.24, 2.45) is 0 Å². The second-order valence-electron chi connectivity index (χ2n) is 13.9. The van der Waals surface area contributed by atoms with Crippen LogP contribution in [0.15, 0.2) is 97.1 Å². The minimum absolute atomic E-state index is 0.00000496. The lowest BCUT2D eigenvalue weighted by molar-refractivity contribution is -0.253. The molecule has 2 fully saturated rings. The molecule has 5 N–H and O–H groups in total. The first-order chi connectivity index (χ1) is 25.9. The first kappa shape index (κ1) is 38.2. The Balaban J connectivity index is 0.969. The van der Waals surface area contributed by atoms with E-state index in [1.165, 1.54) is 0 Å². The SMILES string of the molecule is Nc1ccccc1NC(=O)CCCCCCC(=O)NCc1cccc(-c2ccc(C3OC(CN4CCOCC4)CC(c4ccc(CO)cc4)O3)cc2)c1. The summed E-state index contributed by atoms with van der Waals surface area (Å²) in [4.78, 5) is 27.2. The van der Waals surface area contributed by atoms with E-state index < -0.39 is 6.29 Å². The maximum atomic E-state index is 12.6. The van der Waals surface area contributed by atoms with E-state index in [4.69, 9.17) is 19.9 Å². The normalized spacial score (nSPS) is 19.1. The standard InChI is InChI=1S/C43H52N4O6/c44-38-10-5-6-11-39(38)46-42(50)13-4-2-1-3-12-41(49)45-28-32-8-7-9-36(26-32)33-18-20-35(21-19-33)43-52-37(29-47-22-24-51-25-23-47)27-40(53-43)34-16-14-31(30-48)15-17-34/h5-11,14-21,26,37,40,43,48H,1-4,12-13,22-25,27-30,44H2,(H,45,49)(H,46,50). The Morgan fingerprint density at radius 1 is 0.755 bits per heavy atom. The maximum Gasteiger partial charge on any atom is 0.224 e. The lowest BCUT2D eigenvalue weighted by Crippen LogP contribution is -2.44. The Kier molecular flexibility index (Phi) is 14.0. The van der Waals surface area contributed by atoms with Crippen molar-refractivity contribution in [3.63, 3.8) is 0 Å². The zero-order valence-corrected chi connectivity index (χ0v) is 30.4. The van der Waals surface area contributed by atoms with Crippen LogP contribution in [0, 0.1) is 0 Å². The highest BCUT2D eigenvalue weighted by Gasteiger charge is 2.33. The van der Waals surface area contributed by atoms with Crippen molar-refractivity contribution < 1.29 is 28.9 Å². The number of morpholine rings is 1. The highest BCUT2D eigenvalue weighted by molar-refractivity contribution is 5.93. The highest BCUT2D eigenvalue weighted by Crippen LogP contribution is 2.38. The monoisotopic (exact) mass is 720 g/mol. The van der Waals surface area contributed by atoms with Gasteiger partial charge >= 0.3 is 0 Å². The fourth-order valence-electron chi connectivity index (χ4n) is 6.84. The average Bonchev–Trinajstić information content (AvgIpc) is 3.20. The van der Waals surface area contributed by atoms with Gasteiger partial charge in [0, 0.05) is 51.0 Å². The van der Waals surface area contributed by atoms with Gasteiger partial charge in [-0.05, 0) is 58.9 Å². The molecule has 2 aliphatic heterocycles. The van der Waals surface area contributed by atoms with Crippen molar-refractivity contribution in [2.75, 3.05) is 43.9 Å². The summed E-state index contributed by atoms with van der Waals surface area (Å²) in [5.74, 6) is -0.0191. The van der Waals surface area contributed by atoms with E-state index >= 15 is 0 Å². The molecule has 10 heteroatoms. The number of nitrogens with two attached hydrogens (primary N) is 1. The highest BCUT2D eigenvalue weighted by atomic mass is 16.7. The molecule has 2 saturated heterocycles. The van der Waals surface area contributed by atoms with Gasteiger partial charge in [0.25, 0.3) is 0 Å². The molecule has 0 radical (unpaired) electrons. The van der Waals surface area contributed by atoms with Gasteiger partial charge in [-0.3, -0.25) is 14.5 Å². The fraction of sp³-hybridized carbons (Fsp3) is 0.395. The summed E-state index contributed by atoms with van der Waals surface area (Å²) >= 11 is 0. The van der Waals surface area contributed by atoms with Crippen LogP contribution >= 0.6 is 0 Å². The molecule has 53 heavy (non-hydrogen) atoms. The van der Waals surface area contributed by atoms with Crippen LogP contribution in [-0.2, 0) is 37.0 Å². The zero-order valence-electron chi connectivity index (χ0n) is 30.4. The summed E-state index contributed by atoms with van der Waals surface area (Å²) < 4.78 is 18.7. The van der Waals surface area contributed by atoms with E-state index in [2.05, 4.69) is 51.9 Å². The topological polar surface area (TPSA) is 135 Å². The summed E-state index contributed by atoms with van der Waals surface area (Å²) in [7, 11) is 0. The number of rotatable bonds is 16. The Morgan fingerprint density at radius 2 is 1.47 bits per heavy atom. The van der Waals surface area contributed by atoms with Gasteiger partial charge in [0.05, 0.1) is 43.4 Å². The summed E-state index contributed by atoms with van der Waals surface area (Å²) in [6, 6.07) is 31.8. The Morgan fingerprint density at radius 3 is 2.21 bits per heavy atom. The number of para-hydroxylation sites is 2. The summed E-state index contributed by atoms with van der Waals surface area (Å²) in [6.07, 6.45) is 4.34. The minimum Gasteiger partial charge on any atom is -0.397 e. The van der Waals surface area contributed by atoms with Gasteiger partial charge in [-0.1, -0.05) is 91.7 Å². The van der Waals surface area contributed by atoms with E-state index in [0.29, 0.717) is 30.8 Å². The van der Waals surface area contributed by atoms with Crippen LogP contribution < -0.4 is 16.4 Å². The Bertz CT molecular complexity index is 1760. The number of ether oxygens (including phenoxy) is 3. The third kappa shape index (κ3) is 11.5. The first-order valence-corrected chi connectivity index (χ1v) is 18.8. The lowest BCUT2D eigenvalue weighted by atomic mass is 9.99. The van der Waals surface area contributed by atoms with Crippen LogP contribution in [0.1, 0.15) is 79.6 Å². The molecule has 3 unspecified atom stereocenters. The molecule has 2 heterocycles. The third-order valence-electron chi connectivity index (χ3n) is 9.91. The second kappa shape index (κ2) is 19.5. The first-order valence-electron chi connectivity index (χ1n) is 18.8. The molecule has 6 rings (SSSR count). The number of carbonyl (C=O) groups is 2. The molecule has 4 aromatic rings. The van der Waals surface area contributed by atoms with Gasteiger partial charge in [0.2, 0.25) is 11.8 Å². The molecular weight excluding hydrogens is 668 g/mol. The number of anilines is 2. The minimum atomic E-state index is -0.507. The number of nitrogens with one attached hydrogen (secondary N) is 2. The van der Waals surface area contributed by atoms with Gasteiger partial charge < -0.3 is 35.7 Å². The molecule has 0 spiro atoms. The Hall–Kier alpha value is -4.58. The van der Waals surface area contributed by atoms with E-state index in [1.54, 1.807) is 12.1 Å². The third-order valence-corrected chi connectivity index (χ3v) is 9.91. The van der Waals surface area contributed by atoms with Gasteiger partial charge in [-0.15, -0.1) is 0 Å². The summed E-state index contributed by atoms with van der Waals surface area (Å²) in [6.45, 7) is 4.57. The number of aliphatic hydroxyl groups excluding tert-OH is 1. The van der Waals surface area contributed by atoms with E-state index in [0.717, 1.165) is 98.3 Å². The van der Waals surface area contributed by atoms with Crippen molar-refractivity contribution in [1.82, 2.24) is 10.2 Å². The molecule has 280 valence electrons. The van der Waals surface area contributed by atoms with Crippen LogP contribution in [0.2, 0.25) is 0 Å². The summed E-state index contributed by atoms with van der Waals surface area (Å²) in [5.41, 5.74) is 13.2. The van der Waals surface area contributed by atoms with Crippen LogP contribution in [0.5, 0.6) is 0 Å². The molecule has 0 saturated carbocycles. The molecule has 0 bridgehead atoms. The number of unbranched alkanes of at least 4 members (excludes halogenated alkanes) is 3. The molecule has 2 aliphatic rings. The molecular formula is C43H52N4O6. The predicted molar refractivity (Wildman–Crippen MR) is 207 cm³/mol. The van der Waals surface area contributed by atoms with Gasteiger partial charge in [-0.2, -0.15) is 0 Å². The van der Waals surface area contributed by atoms with Gasteiger partial charge in [0.1, 0.15) is 0 Å². The quantitative estimate of drug-likeness (QED) is 0.0726. The van der Waals surface area contributed by atoms with E-state index in [-0.39, 0.29) is 30.6 Å². The number of hydrogen-bond donors (Lipinski definition) is 4. The van der Waals surface area contributed by atoms with Crippen LogP contribution in [-0.4, -0.2) is 60.8 Å². The molecule has 2 amide bonds. The predicted octanol–water partition coefficient (Wildman–Crippen LogP) is 6.90. The van der Waals surface area contributed by atoms with Crippen molar-refractivity contribution in [2.45, 2.75) is 76.6 Å². The van der Waals surface area contributed by atoms with E-state index in [1.807, 2.05) is 48.5 Å². The molecule has 3 atom stereocenters. The largest absolute Gasteiger partial charge is 0.397 e. The van der Waals surface area contributed by atoms with Crippen LogP contribution in [0.4, 0.5) is 11.4 Å².